The molecular formula is C15H21N5O2. The third kappa shape index (κ3) is 4.12. The number of nitrogens with one attached hydrogen (secondary N) is 1. The molecule has 3 N–H and O–H groups in total. The lowest BCUT2D eigenvalue weighted by atomic mass is 10.1. The summed E-state index contributed by atoms with van der Waals surface area (Å²) in [5, 5.41) is 6.75. The lowest BCUT2D eigenvalue weighted by molar-refractivity contribution is -0.117. The summed E-state index contributed by atoms with van der Waals surface area (Å²) in [7, 11) is 1.82. The lowest BCUT2D eigenvalue weighted by Gasteiger charge is -2.16. The van der Waals surface area contributed by atoms with Gasteiger partial charge in [-0.25, -0.2) is 0 Å². The SMILES string of the molecule is Cc1cccc(C)c1NC(=O)CN(C)Cc1noc(CN)n1. The molecule has 7 nitrogen and oxygen atoms in total. The van der Waals surface area contributed by atoms with E-state index in [1.807, 2.05) is 44.0 Å². The van der Waals surface area contributed by atoms with Crippen LogP contribution in [0.4, 0.5) is 5.69 Å². The van der Waals surface area contributed by atoms with E-state index in [4.69, 9.17) is 10.3 Å². The van der Waals surface area contributed by atoms with Gasteiger partial charge in [0, 0.05) is 5.69 Å². The van der Waals surface area contributed by atoms with Crippen LogP contribution in [0.25, 0.3) is 0 Å². The molecule has 0 aliphatic carbocycles. The average Bonchev–Trinajstić information content (AvgIpc) is 2.90. The Hall–Kier alpha value is -2.25. The highest BCUT2D eigenvalue weighted by Crippen LogP contribution is 2.19. The molecule has 1 aromatic heterocycles. The Bertz CT molecular complexity index is 633. The second-order valence-electron chi connectivity index (χ2n) is 5.30. The summed E-state index contributed by atoms with van der Waals surface area (Å²) < 4.78 is 4.93. The fourth-order valence-electron chi connectivity index (χ4n) is 2.17. The number of nitrogens with zero attached hydrogens (tertiary/aromatic N) is 3. The molecule has 0 aliphatic heterocycles. The Morgan fingerprint density at radius 3 is 2.64 bits per heavy atom. The standard InChI is InChI=1S/C15H21N5O2/c1-10-5-4-6-11(2)15(10)18-13(21)9-20(3)8-12-17-14(7-16)22-19-12/h4-6H,7-9,16H2,1-3H3,(H,18,21). The van der Waals surface area contributed by atoms with Gasteiger partial charge in [0.2, 0.25) is 11.8 Å². The number of carbonyl (C=O) groups is 1. The molecule has 0 unspecified atom stereocenters. The molecule has 0 bridgehead atoms. The van der Waals surface area contributed by atoms with Crippen molar-refractivity contribution in [2.75, 3.05) is 18.9 Å². The number of benzene rings is 1. The number of likely N-dealkylation sites (N-methyl/N-ethyl adjacent to an activating group) is 1. The third-order valence-electron chi connectivity index (χ3n) is 3.26. The van der Waals surface area contributed by atoms with Gasteiger partial charge in [0.05, 0.1) is 19.6 Å². The number of hydrogen-bond donors (Lipinski definition) is 2. The molecular weight excluding hydrogens is 282 g/mol. The smallest absolute Gasteiger partial charge is 0.240 e. The zero-order valence-corrected chi connectivity index (χ0v) is 13.1. The monoisotopic (exact) mass is 303 g/mol. The van der Waals surface area contributed by atoms with E-state index in [-0.39, 0.29) is 19.0 Å². The van der Waals surface area contributed by atoms with Crippen molar-refractivity contribution in [3.63, 3.8) is 0 Å². The van der Waals surface area contributed by atoms with Gasteiger partial charge in [-0.2, -0.15) is 4.98 Å². The number of para-hydroxylation sites is 1. The summed E-state index contributed by atoms with van der Waals surface area (Å²) in [5.74, 6) is 0.827. The Morgan fingerprint density at radius 2 is 2.05 bits per heavy atom. The van der Waals surface area contributed by atoms with Gasteiger partial charge in [0.1, 0.15) is 0 Å². The number of rotatable bonds is 6. The van der Waals surface area contributed by atoms with Crippen molar-refractivity contribution in [3.8, 4) is 0 Å². The molecule has 0 fully saturated rings. The van der Waals surface area contributed by atoms with Crippen LogP contribution in [0, 0.1) is 13.8 Å². The minimum atomic E-state index is -0.0811. The molecule has 22 heavy (non-hydrogen) atoms. The summed E-state index contributed by atoms with van der Waals surface area (Å²) >= 11 is 0. The second-order valence-corrected chi connectivity index (χ2v) is 5.30. The van der Waals surface area contributed by atoms with E-state index in [9.17, 15) is 4.79 Å². The summed E-state index contributed by atoms with van der Waals surface area (Å²) in [6.07, 6.45) is 0. The highest BCUT2D eigenvalue weighted by Gasteiger charge is 2.12. The van der Waals surface area contributed by atoms with Crippen molar-refractivity contribution in [1.29, 1.82) is 0 Å². The van der Waals surface area contributed by atoms with Gasteiger partial charge in [-0.3, -0.25) is 9.69 Å². The van der Waals surface area contributed by atoms with Crippen LogP contribution in [0.15, 0.2) is 22.7 Å². The zero-order chi connectivity index (χ0) is 16.1. The molecule has 0 spiro atoms. The van der Waals surface area contributed by atoms with Crippen molar-refractivity contribution in [1.82, 2.24) is 15.0 Å². The fourth-order valence-corrected chi connectivity index (χ4v) is 2.17. The number of aromatic nitrogens is 2. The van der Waals surface area contributed by atoms with Crippen molar-refractivity contribution in [2.24, 2.45) is 5.73 Å². The molecule has 2 aromatic rings. The first kappa shape index (κ1) is 16.1. The highest BCUT2D eigenvalue weighted by atomic mass is 16.5. The minimum absolute atomic E-state index is 0.0811. The van der Waals surface area contributed by atoms with E-state index in [1.54, 1.807) is 0 Å². The van der Waals surface area contributed by atoms with Gasteiger partial charge >= 0.3 is 0 Å². The van der Waals surface area contributed by atoms with Crippen molar-refractivity contribution in [2.45, 2.75) is 26.9 Å². The topological polar surface area (TPSA) is 97.3 Å². The Balaban J connectivity index is 1.91. The third-order valence-corrected chi connectivity index (χ3v) is 3.26. The van der Waals surface area contributed by atoms with E-state index < -0.39 is 0 Å². The second kappa shape index (κ2) is 7.15. The molecule has 0 saturated carbocycles. The molecule has 0 radical (unpaired) electrons. The molecule has 2 rings (SSSR count). The van der Waals surface area contributed by atoms with Crippen LogP contribution < -0.4 is 11.1 Å². The fraction of sp³-hybridized carbons (Fsp3) is 0.400. The van der Waals surface area contributed by atoms with E-state index in [0.29, 0.717) is 18.3 Å². The van der Waals surface area contributed by atoms with Crippen molar-refractivity contribution < 1.29 is 9.32 Å². The summed E-state index contributed by atoms with van der Waals surface area (Å²) in [6, 6.07) is 5.91. The number of carbonyl (C=O) groups excluding carboxylic acids is 1. The lowest BCUT2D eigenvalue weighted by Crippen LogP contribution is -2.30. The van der Waals surface area contributed by atoms with Crippen molar-refractivity contribution in [3.05, 3.63) is 41.0 Å². The largest absolute Gasteiger partial charge is 0.338 e. The molecule has 1 amide bonds. The van der Waals surface area contributed by atoms with Gasteiger partial charge in [-0.1, -0.05) is 23.4 Å². The van der Waals surface area contributed by atoms with E-state index in [2.05, 4.69) is 15.5 Å². The first-order chi connectivity index (χ1) is 10.5. The average molecular weight is 303 g/mol. The molecule has 118 valence electrons. The summed E-state index contributed by atoms with van der Waals surface area (Å²) in [5.41, 5.74) is 8.37. The number of amides is 1. The molecule has 1 aromatic carbocycles. The van der Waals surface area contributed by atoms with Crippen LogP contribution in [0.3, 0.4) is 0 Å². The van der Waals surface area contributed by atoms with Gasteiger partial charge in [-0.15, -0.1) is 0 Å². The van der Waals surface area contributed by atoms with Crippen LogP contribution in [-0.2, 0) is 17.9 Å². The first-order valence-corrected chi connectivity index (χ1v) is 7.05. The van der Waals surface area contributed by atoms with Crippen LogP contribution in [-0.4, -0.2) is 34.5 Å². The van der Waals surface area contributed by atoms with Crippen LogP contribution in [0.2, 0.25) is 0 Å². The molecule has 1 heterocycles. The molecule has 7 heteroatoms. The van der Waals surface area contributed by atoms with Crippen LogP contribution >= 0.6 is 0 Å². The maximum Gasteiger partial charge on any atom is 0.240 e. The Labute approximate surface area is 129 Å². The molecule has 0 aliphatic rings. The number of hydrogen-bond acceptors (Lipinski definition) is 6. The maximum atomic E-state index is 12.1. The van der Waals surface area contributed by atoms with Gasteiger partial charge in [-0.05, 0) is 32.0 Å². The number of anilines is 1. The quantitative estimate of drug-likeness (QED) is 0.832. The summed E-state index contributed by atoms with van der Waals surface area (Å²) in [6.45, 7) is 4.81. The Kier molecular flexibility index (Phi) is 5.24. The number of nitrogens with two attached hydrogens (primary N) is 1. The summed E-state index contributed by atoms with van der Waals surface area (Å²) in [4.78, 5) is 18.1. The van der Waals surface area contributed by atoms with Gasteiger partial charge < -0.3 is 15.6 Å². The minimum Gasteiger partial charge on any atom is -0.338 e. The van der Waals surface area contributed by atoms with Crippen LogP contribution in [0.1, 0.15) is 22.8 Å². The van der Waals surface area contributed by atoms with E-state index in [0.717, 1.165) is 16.8 Å². The predicted molar refractivity (Wildman–Crippen MR) is 83.1 cm³/mol. The zero-order valence-electron chi connectivity index (χ0n) is 13.1. The Morgan fingerprint density at radius 1 is 1.36 bits per heavy atom. The first-order valence-electron chi connectivity index (χ1n) is 7.05. The van der Waals surface area contributed by atoms with Gasteiger partial charge in [0.15, 0.2) is 5.82 Å². The number of aryl methyl sites for hydroxylation is 2. The predicted octanol–water partition coefficient (Wildman–Crippen LogP) is 1.22. The molecule has 0 saturated heterocycles. The maximum absolute atomic E-state index is 12.1. The van der Waals surface area contributed by atoms with Crippen LogP contribution in [0.5, 0.6) is 0 Å². The highest BCUT2D eigenvalue weighted by molar-refractivity contribution is 5.93. The van der Waals surface area contributed by atoms with E-state index >= 15 is 0 Å². The van der Waals surface area contributed by atoms with E-state index in [1.165, 1.54) is 0 Å². The normalized spacial score (nSPS) is 11.0. The van der Waals surface area contributed by atoms with Gasteiger partial charge in [0.25, 0.3) is 0 Å². The molecule has 0 atom stereocenters. The van der Waals surface area contributed by atoms with Crippen molar-refractivity contribution >= 4 is 11.6 Å².